The van der Waals surface area contributed by atoms with Crippen molar-refractivity contribution in [2.24, 2.45) is 11.8 Å². The van der Waals surface area contributed by atoms with Crippen molar-refractivity contribution in [1.29, 1.82) is 0 Å². The fourth-order valence-electron chi connectivity index (χ4n) is 5.24. The number of carbonyl (C=O) groups is 1. The molecule has 2 aromatic rings. The van der Waals surface area contributed by atoms with E-state index in [0.29, 0.717) is 39.9 Å². The molecule has 142 valence electrons. The number of nitrogens with one attached hydrogen (secondary N) is 1. The Hall–Kier alpha value is -2.32. The summed E-state index contributed by atoms with van der Waals surface area (Å²) in [7, 11) is 0. The number of benzene rings is 2. The molecule has 2 aliphatic carbocycles. The van der Waals surface area contributed by atoms with Crippen LogP contribution in [0.15, 0.2) is 66.8 Å². The van der Waals surface area contributed by atoms with Gasteiger partial charge in [0.1, 0.15) is 0 Å². The first kappa shape index (κ1) is 17.8. The normalized spacial score (nSPS) is 27.8. The molecule has 1 N–H and O–H groups in total. The second-order valence-electron chi connectivity index (χ2n) is 8.18. The summed E-state index contributed by atoms with van der Waals surface area (Å²) >= 11 is 6.48. The number of fused-ring (bicyclic) bond motifs is 3. The van der Waals surface area contributed by atoms with Gasteiger partial charge < -0.3 is 5.32 Å². The van der Waals surface area contributed by atoms with Crippen molar-refractivity contribution in [3.8, 4) is 0 Å². The molecule has 2 aromatic carbocycles. The van der Waals surface area contributed by atoms with Crippen LogP contribution in [0.4, 0.5) is 5.69 Å². The van der Waals surface area contributed by atoms with Crippen molar-refractivity contribution >= 4 is 23.1 Å². The molecule has 28 heavy (non-hydrogen) atoms. The first-order valence-electron chi connectivity index (χ1n) is 10.2. The number of rotatable bonds is 3. The summed E-state index contributed by atoms with van der Waals surface area (Å²) < 4.78 is 0. The lowest BCUT2D eigenvalue weighted by Crippen LogP contribution is -2.42. The molecule has 0 bridgehead atoms. The van der Waals surface area contributed by atoms with Gasteiger partial charge in [0.05, 0.1) is 0 Å². The van der Waals surface area contributed by atoms with Gasteiger partial charge in [-0.15, -0.1) is 0 Å². The molecule has 0 saturated heterocycles. The average Bonchev–Trinajstić information content (AvgIpc) is 3.24. The first-order chi connectivity index (χ1) is 13.7. The van der Waals surface area contributed by atoms with Crippen LogP contribution in [0, 0.1) is 11.8 Å². The van der Waals surface area contributed by atoms with E-state index in [1.54, 1.807) is 0 Å². The number of ketones is 1. The molecule has 3 aliphatic rings. The third-order valence-electron chi connectivity index (χ3n) is 6.58. The zero-order chi connectivity index (χ0) is 19.1. The predicted molar refractivity (Wildman–Crippen MR) is 115 cm³/mol. The van der Waals surface area contributed by atoms with Crippen LogP contribution in [-0.2, 0) is 0 Å². The Balaban J connectivity index is 1.60. The van der Waals surface area contributed by atoms with Crippen molar-refractivity contribution in [2.75, 3.05) is 5.32 Å². The molecule has 0 aromatic heterocycles. The number of hydrogen-bond acceptors (Lipinski definition) is 2. The second kappa shape index (κ2) is 7.25. The molecule has 0 radical (unpaired) electrons. The van der Waals surface area contributed by atoms with Gasteiger partial charge in [-0.2, -0.15) is 0 Å². The quantitative estimate of drug-likeness (QED) is 0.487. The minimum Gasteiger partial charge on any atom is -0.381 e. The number of hydrogen-bond donors (Lipinski definition) is 1. The monoisotopic (exact) mass is 389 g/mol. The van der Waals surface area contributed by atoms with Crippen LogP contribution in [0.25, 0.3) is 0 Å². The highest BCUT2D eigenvalue weighted by atomic mass is 35.5. The van der Waals surface area contributed by atoms with Gasteiger partial charge in [-0.25, -0.2) is 0 Å². The number of halogens is 1. The van der Waals surface area contributed by atoms with E-state index in [1.165, 1.54) is 12.0 Å². The van der Waals surface area contributed by atoms with Crippen LogP contribution in [0.1, 0.15) is 53.1 Å². The number of allylic oxidation sites excluding steroid dienone is 4. The Morgan fingerprint density at radius 2 is 1.89 bits per heavy atom. The summed E-state index contributed by atoms with van der Waals surface area (Å²) in [5.41, 5.74) is 3.57. The smallest absolute Gasteiger partial charge is 0.195 e. The topological polar surface area (TPSA) is 29.1 Å². The number of anilines is 1. The van der Waals surface area contributed by atoms with Crippen molar-refractivity contribution in [2.45, 2.75) is 37.6 Å². The Bertz CT molecular complexity index is 962. The van der Waals surface area contributed by atoms with Crippen LogP contribution in [0.5, 0.6) is 0 Å². The molecule has 5 rings (SSSR count). The maximum Gasteiger partial charge on any atom is 0.195 e. The molecule has 3 heteroatoms. The van der Waals surface area contributed by atoms with Crippen LogP contribution < -0.4 is 5.32 Å². The molecule has 2 nitrogen and oxygen atoms in total. The summed E-state index contributed by atoms with van der Waals surface area (Å²) in [4.78, 5) is 13.3. The maximum atomic E-state index is 13.3. The molecule has 1 heterocycles. The van der Waals surface area contributed by atoms with E-state index in [4.69, 9.17) is 11.6 Å². The summed E-state index contributed by atoms with van der Waals surface area (Å²) in [5.74, 6) is 1.53. The molecular formula is C25H24ClNO. The Kier molecular flexibility index (Phi) is 4.60. The van der Waals surface area contributed by atoms with Crippen molar-refractivity contribution in [3.05, 3.63) is 88.5 Å². The fraction of sp³-hybridized carbons (Fsp3) is 0.320. The Morgan fingerprint density at radius 1 is 1.04 bits per heavy atom. The van der Waals surface area contributed by atoms with Gasteiger partial charge in [0.25, 0.3) is 0 Å². The largest absolute Gasteiger partial charge is 0.381 e. The molecule has 0 amide bonds. The molecule has 0 spiro atoms. The van der Waals surface area contributed by atoms with Crippen LogP contribution >= 0.6 is 11.6 Å². The minimum atomic E-state index is 0.0366. The van der Waals surface area contributed by atoms with Crippen molar-refractivity contribution in [3.63, 3.8) is 0 Å². The molecule has 4 atom stereocenters. The van der Waals surface area contributed by atoms with E-state index < -0.39 is 0 Å². The average molecular weight is 390 g/mol. The fourth-order valence-corrected chi connectivity index (χ4v) is 5.46. The van der Waals surface area contributed by atoms with Crippen molar-refractivity contribution in [1.82, 2.24) is 0 Å². The maximum absolute atomic E-state index is 13.3. The summed E-state index contributed by atoms with van der Waals surface area (Å²) in [6.07, 6.45) is 13.8. The molecule has 0 unspecified atom stereocenters. The lowest BCUT2D eigenvalue weighted by atomic mass is 9.71. The van der Waals surface area contributed by atoms with Gasteiger partial charge in [0.15, 0.2) is 5.78 Å². The van der Waals surface area contributed by atoms with Gasteiger partial charge in [-0.1, -0.05) is 66.2 Å². The van der Waals surface area contributed by atoms with Crippen LogP contribution in [-0.4, -0.2) is 11.8 Å². The van der Waals surface area contributed by atoms with Gasteiger partial charge >= 0.3 is 0 Å². The zero-order valence-electron chi connectivity index (χ0n) is 15.8. The third-order valence-corrected chi connectivity index (χ3v) is 6.79. The lowest BCUT2D eigenvalue weighted by molar-refractivity contribution is 0.103. The molecule has 0 saturated carbocycles. The van der Waals surface area contributed by atoms with Crippen molar-refractivity contribution < 1.29 is 4.79 Å². The summed E-state index contributed by atoms with van der Waals surface area (Å²) in [5, 5.41) is 4.47. The van der Waals surface area contributed by atoms with Gasteiger partial charge in [0, 0.05) is 33.8 Å². The van der Waals surface area contributed by atoms with E-state index in [9.17, 15) is 4.79 Å². The van der Waals surface area contributed by atoms with Gasteiger partial charge in [0.2, 0.25) is 0 Å². The highest BCUT2D eigenvalue weighted by molar-refractivity contribution is 6.31. The molecular weight excluding hydrogens is 366 g/mol. The second-order valence-corrected chi connectivity index (χ2v) is 8.62. The van der Waals surface area contributed by atoms with Crippen LogP contribution in [0.2, 0.25) is 5.02 Å². The van der Waals surface area contributed by atoms with E-state index >= 15 is 0 Å². The van der Waals surface area contributed by atoms with E-state index in [-0.39, 0.29) is 5.78 Å². The summed E-state index contributed by atoms with van der Waals surface area (Å²) in [6, 6.07) is 13.8. The standard InChI is InChI=1S/C25H24ClNO/c26-18-14-21-19-12-7-13-20(19)23(16-8-3-1-4-9-16)27-24(21)22(15-18)25(28)17-10-5-2-6-11-17/h1-3,5-7,10-12,14-16,19-20,23,27H,4,8-9,13H2/t16-,19+,20-,23+/m0/s1. The minimum absolute atomic E-state index is 0.0366. The SMILES string of the molecule is O=C(c1ccccc1)c1cc(Cl)cc2c1N[C@H]([C@H]1CC=CCC1)[C@H]1CC=C[C@@H]21. The van der Waals surface area contributed by atoms with E-state index in [2.05, 4.69) is 35.7 Å². The van der Waals surface area contributed by atoms with E-state index in [1.807, 2.05) is 36.4 Å². The Morgan fingerprint density at radius 3 is 2.68 bits per heavy atom. The highest BCUT2D eigenvalue weighted by Crippen LogP contribution is 2.49. The summed E-state index contributed by atoms with van der Waals surface area (Å²) in [6.45, 7) is 0. The van der Waals surface area contributed by atoms with Crippen LogP contribution in [0.3, 0.4) is 0 Å². The Labute approximate surface area is 171 Å². The highest BCUT2D eigenvalue weighted by Gasteiger charge is 2.42. The third kappa shape index (κ3) is 3.00. The molecule has 0 fully saturated rings. The lowest BCUT2D eigenvalue weighted by Gasteiger charge is -2.42. The predicted octanol–water partition coefficient (Wildman–Crippen LogP) is 6.38. The van der Waals surface area contributed by atoms with E-state index in [0.717, 1.165) is 24.9 Å². The first-order valence-corrected chi connectivity index (χ1v) is 10.6. The van der Waals surface area contributed by atoms with Gasteiger partial charge in [-0.3, -0.25) is 4.79 Å². The molecule has 1 aliphatic heterocycles. The van der Waals surface area contributed by atoms with Gasteiger partial charge in [-0.05, 0) is 55.2 Å². The zero-order valence-corrected chi connectivity index (χ0v) is 16.5. The number of carbonyl (C=O) groups excluding carboxylic acids is 1.